The lowest BCUT2D eigenvalue weighted by atomic mass is 10.1. The smallest absolute Gasteiger partial charge is 0.264 e. The molecule has 0 aliphatic rings. The zero-order valence-corrected chi connectivity index (χ0v) is 16.7. The van der Waals surface area contributed by atoms with E-state index in [9.17, 15) is 4.79 Å². The van der Waals surface area contributed by atoms with Crippen molar-refractivity contribution < 1.29 is 13.9 Å². The molecule has 0 N–H and O–H groups in total. The Balaban J connectivity index is 1.82. The standard InChI is InChI=1S/C22H20N2O3S/c1-14-10-11-19-20(15(14)2)23-22(28-19)24(13-16-7-6-12-27-16)21(25)17-8-4-5-9-18(17)26-3/h4-12H,13H2,1-3H3. The highest BCUT2D eigenvalue weighted by atomic mass is 32.1. The van der Waals surface area contributed by atoms with Gasteiger partial charge in [-0.15, -0.1) is 0 Å². The second-order valence-corrected chi connectivity index (χ2v) is 7.53. The third-order valence-corrected chi connectivity index (χ3v) is 5.82. The van der Waals surface area contributed by atoms with Gasteiger partial charge in [-0.25, -0.2) is 4.98 Å². The van der Waals surface area contributed by atoms with E-state index >= 15 is 0 Å². The van der Waals surface area contributed by atoms with Gasteiger partial charge in [0.2, 0.25) is 0 Å². The van der Waals surface area contributed by atoms with Crippen LogP contribution in [0.15, 0.2) is 59.2 Å². The number of carbonyl (C=O) groups excluding carboxylic acids is 1. The Morgan fingerprint density at radius 3 is 2.71 bits per heavy atom. The highest BCUT2D eigenvalue weighted by molar-refractivity contribution is 7.22. The summed E-state index contributed by atoms with van der Waals surface area (Å²) in [5.74, 6) is 1.04. The number of anilines is 1. The number of hydrogen-bond donors (Lipinski definition) is 0. The number of nitrogens with zero attached hydrogens (tertiary/aromatic N) is 2. The molecule has 0 radical (unpaired) electrons. The number of rotatable bonds is 5. The van der Waals surface area contributed by atoms with Gasteiger partial charge in [-0.3, -0.25) is 9.69 Å². The molecule has 28 heavy (non-hydrogen) atoms. The molecule has 0 aliphatic carbocycles. The third kappa shape index (κ3) is 3.27. The van der Waals surface area contributed by atoms with Crippen molar-refractivity contribution in [3.63, 3.8) is 0 Å². The van der Waals surface area contributed by atoms with Crippen molar-refractivity contribution in [2.75, 3.05) is 12.0 Å². The number of thiazole rings is 1. The number of aromatic nitrogens is 1. The Hall–Kier alpha value is -3.12. The number of aryl methyl sites for hydroxylation is 2. The molecule has 2 aromatic heterocycles. The van der Waals surface area contributed by atoms with Gasteiger partial charge in [0.25, 0.3) is 5.91 Å². The number of carbonyl (C=O) groups is 1. The van der Waals surface area contributed by atoms with Gasteiger partial charge in [0.15, 0.2) is 5.13 Å². The largest absolute Gasteiger partial charge is 0.496 e. The fourth-order valence-corrected chi connectivity index (χ4v) is 4.10. The summed E-state index contributed by atoms with van der Waals surface area (Å²) in [6, 6.07) is 15.0. The van der Waals surface area contributed by atoms with Crippen molar-refractivity contribution in [2.45, 2.75) is 20.4 Å². The van der Waals surface area contributed by atoms with Gasteiger partial charge in [0.05, 0.1) is 35.7 Å². The first-order chi connectivity index (χ1) is 13.6. The minimum absolute atomic E-state index is 0.178. The maximum atomic E-state index is 13.5. The van der Waals surface area contributed by atoms with Crippen LogP contribution < -0.4 is 9.64 Å². The maximum Gasteiger partial charge on any atom is 0.264 e. The number of benzene rings is 2. The van der Waals surface area contributed by atoms with Gasteiger partial charge < -0.3 is 9.15 Å². The Kier molecular flexibility index (Phi) is 4.88. The molecule has 0 spiro atoms. The van der Waals surface area contributed by atoms with E-state index in [0.717, 1.165) is 15.8 Å². The van der Waals surface area contributed by atoms with Crippen molar-refractivity contribution in [1.82, 2.24) is 4.98 Å². The van der Waals surface area contributed by atoms with Crippen molar-refractivity contribution in [1.29, 1.82) is 0 Å². The zero-order valence-electron chi connectivity index (χ0n) is 15.9. The van der Waals surface area contributed by atoms with E-state index in [1.807, 2.05) is 24.3 Å². The summed E-state index contributed by atoms with van der Waals surface area (Å²) >= 11 is 1.50. The predicted molar refractivity (Wildman–Crippen MR) is 111 cm³/mol. The van der Waals surface area contributed by atoms with Gasteiger partial charge in [-0.2, -0.15) is 0 Å². The summed E-state index contributed by atoms with van der Waals surface area (Å²) in [5.41, 5.74) is 3.72. The van der Waals surface area contributed by atoms with Gasteiger partial charge in [0.1, 0.15) is 11.5 Å². The highest BCUT2D eigenvalue weighted by Gasteiger charge is 2.25. The van der Waals surface area contributed by atoms with Crippen LogP contribution in [0.3, 0.4) is 0 Å². The molecule has 0 aliphatic heterocycles. The van der Waals surface area contributed by atoms with Gasteiger partial charge in [-0.1, -0.05) is 29.5 Å². The van der Waals surface area contributed by atoms with E-state index in [1.165, 1.54) is 16.9 Å². The average molecular weight is 392 g/mol. The summed E-state index contributed by atoms with van der Waals surface area (Å²) in [6.45, 7) is 4.41. The Labute approximate surface area is 167 Å². The molecule has 2 aromatic carbocycles. The Morgan fingerprint density at radius 1 is 1.14 bits per heavy atom. The van der Waals surface area contributed by atoms with E-state index in [2.05, 4.69) is 26.0 Å². The van der Waals surface area contributed by atoms with Crippen LogP contribution in [0.25, 0.3) is 10.2 Å². The molecule has 6 heteroatoms. The highest BCUT2D eigenvalue weighted by Crippen LogP contribution is 2.34. The Bertz CT molecular complexity index is 1130. The number of hydrogen-bond acceptors (Lipinski definition) is 5. The molecule has 142 valence electrons. The fourth-order valence-electron chi connectivity index (χ4n) is 3.08. The summed E-state index contributed by atoms with van der Waals surface area (Å²) < 4.78 is 11.9. The van der Waals surface area contributed by atoms with Crippen molar-refractivity contribution in [3.8, 4) is 5.75 Å². The minimum atomic E-state index is -0.178. The molecule has 0 fully saturated rings. The number of amides is 1. The van der Waals surface area contributed by atoms with E-state index < -0.39 is 0 Å². The van der Waals surface area contributed by atoms with E-state index in [-0.39, 0.29) is 5.91 Å². The number of furan rings is 1. The van der Waals surface area contributed by atoms with Crippen LogP contribution in [0.1, 0.15) is 27.2 Å². The summed E-state index contributed by atoms with van der Waals surface area (Å²) in [4.78, 5) is 19.9. The minimum Gasteiger partial charge on any atom is -0.496 e. The normalized spacial score (nSPS) is 11.0. The van der Waals surface area contributed by atoms with Crippen molar-refractivity contribution in [3.05, 3.63) is 77.2 Å². The summed E-state index contributed by atoms with van der Waals surface area (Å²) in [7, 11) is 1.56. The first kappa shape index (κ1) is 18.3. The van der Waals surface area contributed by atoms with Crippen LogP contribution in [-0.4, -0.2) is 18.0 Å². The molecular formula is C22H20N2O3S. The number of para-hydroxylation sites is 1. The molecule has 1 amide bonds. The van der Waals surface area contributed by atoms with Crippen molar-refractivity contribution >= 4 is 32.6 Å². The van der Waals surface area contributed by atoms with Gasteiger partial charge in [0, 0.05) is 0 Å². The predicted octanol–water partition coefficient (Wildman–Crippen LogP) is 5.36. The van der Waals surface area contributed by atoms with Crippen LogP contribution in [0.4, 0.5) is 5.13 Å². The lowest BCUT2D eigenvalue weighted by Crippen LogP contribution is -2.30. The summed E-state index contributed by atoms with van der Waals surface area (Å²) in [5, 5.41) is 0.635. The summed E-state index contributed by atoms with van der Waals surface area (Å²) in [6.07, 6.45) is 1.60. The SMILES string of the molecule is COc1ccccc1C(=O)N(Cc1ccco1)c1nc2c(C)c(C)ccc2s1. The van der Waals surface area contributed by atoms with Crippen LogP contribution in [0.5, 0.6) is 5.75 Å². The number of ether oxygens (including phenoxy) is 1. The van der Waals surface area contributed by atoms with Gasteiger partial charge >= 0.3 is 0 Å². The molecule has 5 nitrogen and oxygen atoms in total. The van der Waals surface area contributed by atoms with Crippen molar-refractivity contribution in [2.24, 2.45) is 0 Å². The zero-order chi connectivity index (χ0) is 19.7. The quantitative estimate of drug-likeness (QED) is 0.459. The van der Waals surface area contributed by atoms with Gasteiger partial charge in [-0.05, 0) is 55.3 Å². The first-order valence-corrected chi connectivity index (χ1v) is 9.74. The first-order valence-electron chi connectivity index (χ1n) is 8.92. The molecule has 2 heterocycles. The van der Waals surface area contributed by atoms with E-state index in [0.29, 0.717) is 28.7 Å². The molecule has 0 saturated carbocycles. The second-order valence-electron chi connectivity index (χ2n) is 6.52. The Morgan fingerprint density at radius 2 is 1.96 bits per heavy atom. The van der Waals surface area contributed by atoms with Crippen LogP contribution in [-0.2, 0) is 6.54 Å². The average Bonchev–Trinajstić information content (AvgIpc) is 3.38. The second kappa shape index (κ2) is 7.48. The van der Waals surface area contributed by atoms with E-state index in [4.69, 9.17) is 14.1 Å². The topological polar surface area (TPSA) is 55.6 Å². The third-order valence-electron chi connectivity index (χ3n) is 4.78. The lowest BCUT2D eigenvalue weighted by Gasteiger charge is -2.20. The fraction of sp³-hybridized carbons (Fsp3) is 0.182. The molecule has 4 aromatic rings. The molecule has 0 atom stereocenters. The van der Waals surface area contributed by atoms with E-state index in [1.54, 1.807) is 30.4 Å². The molecule has 0 unspecified atom stereocenters. The van der Waals surface area contributed by atoms with Crippen LogP contribution in [0.2, 0.25) is 0 Å². The number of methoxy groups -OCH3 is 1. The molecule has 4 rings (SSSR count). The number of fused-ring (bicyclic) bond motifs is 1. The molecule has 0 saturated heterocycles. The van der Waals surface area contributed by atoms with Crippen LogP contribution in [0, 0.1) is 13.8 Å². The molecule has 0 bridgehead atoms. The maximum absolute atomic E-state index is 13.5. The van der Waals surface area contributed by atoms with Crippen LogP contribution >= 0.6 is 11.3 Å². The molecular weight excluding hydrogens is 372 g/mol. The lowest BCUT2D eigenvalue weighted by molar-refractivity contribution is 0.0980. The monoisotopic (exact) mass is 392 g/mol.